The second-order valence-corrected chi connectivity index (χ2v) is 19.1. The number of ether oxygens (including phenoxy) is 1. The van der Waals surface area contributed by atoms with Crippen LogP contribution in [0.5, 0.6) is 0 Å². The van der Waals surface area contributed by atoms with E-state index in [1.807, 2.05) is 78.5 Å². The molecule has 4 saturated heterocycles. The number of piperidine rings is 2. The maximum Gasteiger partial charge on any atom is 0.410 e. The number of nitrogens with zero attached hydrogens (tertiary/aromatic N) is 8. The minimum absolute atomic E-state index is 0.0183. The van der Waals surface area contributed by atoms with Crippen LogP contribution in [-0.2, 0) is 25.5 Å². The van der Waals surface area contributed by atoms with Crippen molar-refractivity contribution >= 4 is 35.4 Å². The minimum Gasteiger partial charge on any atom is -0.444 e. The molecule has 15 heteroatoms. The number of carbonyl (C=O) groups excluding carboxylic acids is 4. The lowest BCUT2D eigenvalue weighted by Crippen LogP contribution is -2.61. The summed E-state index contributed by atoms with van der Waals surface area (Å²) < 4.78 is 5.51. The Balaban J connectivity index is 0.000000317. The third kappa shape index (κ3) is 17.2. The molecule has 2 N–H and O–H groups in total. The van der Waals surface area contributed by atoms with Gasteiger partial charge in [-0.2, -0.15) is 0 Å². The van der Waals surface area contributed by atoms with Gasteiger partial charge in [0.25, 0.3) is 0 Å². The van der Waals surface area contributed by atoms with Gasteiger partial charge in [0.15, 0.2) is 0 Å². The van der Waals surface area contributed by atoms with Gasteiger partial charge in [0.1, 0.15) is 5.60 Å². The van der Waals surface area contributed by atoms with E-state index in [9.17, 15) is 19.2 Å². The van der Waals surface area contributed by atoms with Crippen molar-refractivity contribution in [3.63, 3.8) is 0 Å². The third-order valence-electron chi connectivity index (χ3n) is 11.7. The SMILES string of the molecule is CC.CC(=O)N1CCC(N(CC(C)C)N2CCN(C(=O)OC(C)(C)C)CC2)CC1.CC(=O)N1CCC(N(CC(C)C)N2CCN(C(=O)[C@H](N)Cc3ccc(Cl)cc3)CC2)CC1. The molecule has 61 heavy (non-hydrogen) atoms. The molecule has 1 atom stereocenters. The fourth-order valence-corrected chi connectivity index (χ4v) is 8.65. The van der Waals surface area contributed by atoms with E-state index in [4.69, 9.17) is 22.1 Å². The second-order valence-electron chi connectivity index (χ2n) is 18.6. The van der Waals surface area contributed by atoms with Crippen molar-refractivity contribution < 1.29 is 23.9 Å². The van der Waals surface area contributed by atoms with Crippen LogP contribution in [0.15, 0.2) is 24.3 Å². The summed E-state index contributed by atoms with van der Waals surface area (Å²) in [6.45, 7) is 33.4. The number of likely N-dealkylation sites (tertiary alicyclic amines) is 2. The summed E-state index contributed by atoms with van der Waals surface area (Å²) in [5, 5.41) is 10.5. The summed E-state index contributed by atoms with van der Waals surface area (Å²) in [6, 6.07) is 7.89. The quantitative estimate of drug-likeness (QED) is 0.297. The Bertz CT molecular complexity index is 1480. The zero-order chi connectivity index (χ0) is 45.4. The molecule has 348 valence electrons. The number of nitrogens with two attached hydrogens (primary N) is 1. The maximum atomic E-state index is 12.9. The summed E-state index contributed by atoms with van der Waals surface area (Å²) in [5.41, 5.74) is 6.82. The molecular weight excluding hydrogens is 794 g/mol. The highest BCUT2D eigenvalue weighted by molar-refractivity contribution is 6.30. The first-order chi connectivity index (χ1) is 28.8. The molecule has 0 aromatic heterocycles. The highest BCUT2D eigenvalue weighted by atomic mass is 35.5. The van der Waals surface area contributed by atoms with Crippen LogP contribution >= 0.6 is 11.6 Å². The molecule has 5 rings (SSSR count). The Morgan fingerprint density at radius 3 is 1.38 bits per heavy atom. The standard InChI is InChI=1S/C24H38ClN5O2.C20H38N4O3.C2H6/c1-18(2)17-30(22-8-10-27(11-9-22)19(3)31)29-14-12-28(13-15-29)24(32)23(26)16-20-4-6-21(25)7-5-20;1-16(2)15-24(18-7-9-21(10-8-18)17(3)25)23-13-11-22(12-14-23)19(26)27-20(4,5)6;1-2/h4-7,18,22-23H,8-17,26H2,1-3H3;16,18H,7-15H2,1-6H3;1-2H3/t23-;;/m1../s1. The summed E-state index contributed by atoms with van der Waals surface area (Å²) in [7, 11) is 0. The number of hydrogen-bond donors (Lipinski definition) is 1. The van der Waals surface area contributed by atoms with Crippen molar-refractivity contribution in [1.29, 1.82) is 0 Å². The van der Waals surface area contributed by atoms with Gasteiger partial charge in [0, 0.05) is 123 Å². The van der Waals surface area contributed by atoms with Crippen LogP contribution in [0.25, 0.3) is 0 Å². The van der Waals surface area contributed by atoms with E-state index >= 15 is 0 Å². The van der Waals surface area contributed by atoms with E-state index in [0.29, 0.717) is 61.5 Å². The first kappa shape index (κ1) is 52.3. The van der Waals surface area contributed by atoms with Crippen molar-refractivity contribution in [2.75, 3.05) is 91.6 Å². The lowest BCUT2D eigenvalue weighted by atomic mass is 10.0. The molecule has 4 aliphatic heterocycles. The van der Waals surface area contributed by atoms with Crippen LogP contribution in [0.4, 0.5) is 4.79 Å². The lowest BCUT2D eigenvalue weighted by Gasteiger charge is -2.47. The van der Waals surface area contributed by atoms with Gasteiger partial charge in [-0.05, 0) is 82.4 Å². The highest BCUT2D eigenvalue weighted by Crippen LogP contribution is 2.24. The topological polar surface area (TPSA) is 129 Å². The van der Waals surface area contributed by atoms with E-state index in [1.54, 1.807) is 13.8 Å². The van der Waals surface area contributed by atoms with E-state index in [1.165, 1.54) is 0 Å². The van der Waals surface area contributed by atoms with Crippen LogP contribution in [0.2, 0.25) is 5.02 Å². The molecule has 4 heterocycles. The van der Waals surface area contributed by atoms with Gasteiger partial charge in [-0.25, -0.2) is 24.8 Å². The summed E-state index contributed by atoms with van der Waals surface area (Å²) in [6.07, 6.45) is 4.32. The minimum atomic E-state index is -0.537. The average molecular weight is 877 g/mol. The van der Waals surface area contributed by atoms with Crippen molar-refractivity contribution in [2.24, 2.45) is 17.6 Å². The molecule has 0 saturated carbocycles. The van der Waals surface area contributed by atoms with E-state index in [2.05, 4.69) is 47.7 Å². The number of rotatable bonds is 11. The lowest BCUT2D eigenvalue weighted by molar-refractivity contribution is -0.143. The molecular formula is C46H82ClN9O5. The van der Waals surface area contributed by atoms with Crippen molar-refractivity contribution in [2.45, 2.75) is 132 Å². The molecule has 4 amide bonds. The third-order valence-corrected chi connectivity index (χ3v) is 11.9. The van der Waals surface area contributed by atoms with Gasteiger partial charge in [-0.3, -0.25) is 14.4 Å². The molecule has 1 aromatic rings. The van der Waals surface area contributed by atoms with Crippen LogP contribution < -0.4 is 5.73 Å². The number of hydrogen-bond acceptors (Lipinski definition) is 10. The predicted octanol–water partition coefficient (Wildman–Crippen LogP) is 5.69. The second kappa shape index (κ2) is 25.3. The first-order valence-electron chi connectivity index (χ1n) is 23.1. The van der Waals surface area contributed by atoms with Gasteiger partial charge >= 0.3 is 6.09 Å². The molecule has 4 fully saturated rings. The van der Waals surface area contributed by atoms with Gasteiger partial charge in [0.05, 0.1) is 6.04 Å². The molecule has 1 aromatic carbocycles. The largest absolute Gasteiger partial charge is 0.444 e. The Morgan fingerprint density at radius 1 is 0.656 bits per heavy atom. The van der Waals surface area contributed by atoms with E-state index in [0.717, 1.165) is 96.7 Å². The number of carbonyl (C=O) groups is 4. The summed E-state index contributed by atoms with van der Waals surface area (Å²) in [5.74, 6) is 1.48. The molecule has 0 spiro atoms. The zero-order valence-electron chi connectivity index (χ0n) is 39.7. The fourth-order valence-electron chi connectivity index (χ4n) is 8.53. The van der Waals surface area contributed by atoms with E-state index < -0.39 is 11.6 Å². The zero-order valence-corrected chi connectivity index (χ0v) is 40.5. The number of amides is 4. The van der Waals surface area contributed by atoms with E-state index in [-0.39, 0.29) is 23.8 Å². The Kier molecular flexibility index (Phi) is 21.7. The monoisotopic (exact) mass is 876 g/mol. The normalized spacial score (nSPS) is 19.4. The maximum absolute atomic E-state index is 12.9. The van der Waals surface area contributed by atoms with Crippen LogP contribution in [0.3, 0.4) is 0 Å². The van der Waals surface area contributed by atoms with Crippen LogP contribution in [0, 0.1) is 11.8 Å². The average Bonchev–Trinajstić information content (AvgIpc) is 3.23. The summed E-state index contributed by atoms with van der Waals surface area (Å²) >= 11 is 5.95. The first-order valence-corrected chi connectivity index (χ1v) is 23.5. The molecule has 14 nitrogen and oxygen atoms in total. The molecule has 4 aliphatic rings. The molecule has 0 aliphatic carbocycles. The molecule has 0 radical (unpaired) electrons. The fraction of sp³-hybridized carbons (Fsp3) is 0.783. The van der Waals surface area contributed by atoms with Crippen LogP contribution in [-0.4, -0.2) is 179 Å². The summed E-state index contributed by atoms with van der Waals surface area (Å²) in [4.78, 5) is 56.1. The number of piperazine rings is 2. The smallest absolute Gasteiger partial charge is 0.410 e. The van der Waals surface area contributed by atoms with Gasteiger partial charge in [-0.1, -0.05) is 65.3 Å². The molecule has 0 unspecified atom stereocenters. The number of halogens is 1. The Labute approximate surface area is 373 Å². The van der Waals surface area contributed by atoms with Gasteiger partial charge < -0.3 is 30.1 Å². The number of benzene rings is 1. The predicted molar refractivity (Wildman–Crippen MR) is 246 cm³/mol. The Morgan fingerprint density at radius 2 is 1.03 bits per heavy atom. The van der Waals surface area contributed by atoms with Crippen molar-refractivity contribution in [3.8, 4) is 0 Å². The van der Waals surface area contributed by atoms with Crippen LogP contribution in [0.1, 0.15) is 107 Å². The van der Waals surface area contributed by atoms with Gasteiger partial charge in [0.2, 0.25) is 17.7 Å². The van der Waals surface area contributed by atoms with Crippen molar-refractivity contribution in [3.05, 3.63) is 34.9 Å². The van der Waals surface area contributed by atoms with Crippen molar-refractivity contribution in [1.82, 2.24) is 39.6 Å². The number of hydrazine groups is 2. The Hall–Kier alpha value is -3.01. The van der Waals surface area contributed by atoms with Gasteiger partial charge in [-0.15, -0.1) is 0 Å². The highest BCUT2D eigenvalue weighted by Gasteiger charge is 2.35. The molecule has 0 bridgehead atoms.